The van der Waals surface area contributed by atoms with Gasteiger partial charge in [0.1, 0.15) is 0 Å². The van der Waals surface area contributed by atoms with Gasteiger partial charge in [-0.3, -0.25) is 4.79 Å². The summed E-state index contributed by atoms with van der Waals surface area (Å²) in [6.45, 7) is 4.62. The van der Waals surface area contributed by atoms with E-state index in [1.807, 2.05) is 0 Å². The molecule has 0 spiro atoms. The van der Waals surface area contributed by atoms with Crippen molar-refractivity contribution in [3.63, 3.8) is 0 Å². The Morgan fingerprint density at radius 1 is 1.04 bits per heavy atom. The minimum atomic E-state index is -0.833. The van der Waals surface area contributed by atoms with Gasteiger partial charge in [-0.05, 0) is 64.0 Å². The fraction of sp³-hybridized carbons (Fsp3) is 0.810. The smallest absolute Gasteiger partial charge is 0.335 e. The number of carboxylic acid groups (broad SMARTS) is 1. The van der Waals surface area contributed by atoms with Gasteiger partial charge in [-0.25, -0.2) is 4.79 Å². The average molecular weight is 383 g/mol. The molecule has 6 heteroatoms. The third kappa shape index (κ3) is 11.0. The molecule has 6 nitrogen and oxygen atoms in total. The number of ether oxygens (including phenoxy) is 1. The van der Waals surface area contributed by atoms with Gasteiger partial charge in [-0.1, -0.05) is 25.7 Å². The van der Waals surface area contributed by atoms with Crippen molar-refractivity contribution in [3.8, 4) is 0 Å². The van der Waals surface area contributed by atoms with E-state index < -0.39 is 5.97 Å². The molecule has 156 valence electrons. The number of hydrogen-bond acceptors (Lipinski definition) is 5. The van der Waals surface area contributed by atoms with E-state index in [0.29, 0.717) is 0 Å². The van der Waals surface area contributed by atoms with Crippen LogP contribution in [-0.2, 0) is 14.3 Å². The Labute approximate surface area is 164 Å². The molecule has 1 saturated heterocycles. The summed E-state index contributed by atoms with van der Waals surface area (Å²) in [6.07, 6.45) is 14.0. The van der Waals surface area contributed by atoms with Crippen LogP contribution in [0, 0.1) is 5.92 Å². The molecule has 27 heavy (non-hydrogen) atoms. The van der Waals surface area contributed by atoms with Crippen LogP contribution >= 0.6 is 0 Å². The van der Waals surface area contributed by atoms with Crippen LogP contribution in [0.5, 0.6) is 0 Å². The van der Waals surface area contributed by atoms with Crippen molar-refractivity contribution in [1.29, 1.82) is 0 Å². The van der Waals surface area contributed by atoms with Crippen molar-refractivity contribution in [2.24, 2.45) is 5.92 Å². The van der Waals surface area contributed by atoms with E-state index in [4.69, 9.17) is 14.6 Å². The third-order valence-corrected chi connectivity index (χ3v) is 5.19. The van der Waals surface area contributed by atoms with Gasteiger partial charge in [0.15, 0.2) is 0 Å². The molecule has 0 aromatic carbocycles. The fourth-order valence-corrected chi connectivity index (χ4v) is 3.75. The van der Waals surface area contributed by atoms with Crippen LogP contribution in [-0.4, -0.2) is 43.8 Å². The van der Waals surface area contributed by atoms with E-state index >= 15 is 0 Å². The molecular formula is C21H38N2O4. The van der Waals surface area contributed by atoms with Crippen molar-refractivity contribution in [2.45, 2.75) is 77.6 Å². The summed E-state index contributed by atoms with van der Waals surface area (Å²) in [7, 11) is 1.46. The van der Waals surface area contributed by atoms with E-state index in [1.54, 1.807) is 0 Å². The number of nitrogens with one attached hydrogen (secondary N) is 2. The maximum absolute atomic E-state index is 11.6. The van der Waals surface area contributed by atoms with Gasteiger partial charge >= 0.3 is 5.97 Å². The number of rotatable bonds is 4. The third-order valence-electron chi connectivity index (χ3n) is 5.19. The summed E-state index contributed by atoms with van der Waals surface area (Å²) < 4.78 is 4.82. The molecule has 3 N–H and O–H groups in total. The molecule has 0 atom stereocenters. The van der Waals surface area contributed by atoms with Crippen LogP contribution in [0.1, 0.15) is 77.6 Å². The van der Waals surface area contributed by atoms with E-state index in [1.165, 1.54) is 71.6 Å². The van der Waals surface area contributed by atoms with Crippen LogP contribution in [0.2, 0.25) is 0 Å². The number of aliphatic carboxylic acids is 1. The summed E-state index contributed by atoms with van der Waals surface area (Å²) in [5.74, 6) is -0.176. The van der Waals surface area contributed by atoms with Gasteiger partial charge in [0.25, 0.3) is 5.97 Å². The van der Waals surface area contributed by atoms with Crippen LogP contribution in [0.25, 0.3) is 0 Å². The predicted molar refractivity (Wildman–Crippen MR) is 108 cm³/mol. The van der Waals surface area contributed by atoms with Crippen molar-refractivity contribution in [3.05, 3.63) is 11.3 Å². The number of allylic oxidation sites excluding steroid dienone is 1. The Morgan fingerprint density at radius 2 is 1.63 bits per heavy atom. The molecule has 1 heterocycles. The predicted octanol–water partition coefficient (Wildman–Crippen LogP) is 3.62. The Morgan fingerprint density at radius 3 is 2.11 bits per heavy atom. The second-order valence-corrected chi connectivity index (χ2v) is 7.52. The monoisotopic (exact) mass is 382 g/mol. The molecule has 1 saturated carbocycles. The lowest BCUT2D eigenvalue weighted by Crippen LogP contribution is -2.25. The lowest BCUT2D eigenvalue weighted by Gasteiger charge is -2.22. The zero-order valence-electron chi connectivity index (χ0n) is 17.1. The van der Waals surface area contributed by atoms with Crippen molar-refractivity contribution in [1.82, 2.24) is 10.6 Å². The molecular weight excluding hydrogens is 344 g/mol. The highest BCUT2D eigenvalue weighted by molar-refractivity contribution is 5.89. The number of hydrogen-bond donors (Lipinski definition) is 3. The summed E-state index contributed by atoms with van der Waals surface area (Å²) in [6, 6.07) is 0. The van der Waals surface area contributed by atoms with E-state index in [-0.39, 0.29) is 5.97 Å². The number of methoxy groups -OCH3 is 1. The van der Waals surface area contributed by atoms with Gasteiger partial charge in [0.2, 0.25) is 0 Å². The largest absolute Gasteiger partial charge is 0.481 e. The maximum atomic E-state index is 11.6. The Kier molecular flexibility index (Phi) is 12.6. The quantitative estimate of drug-likeness (QED) is 0.644. The molecule has 2 fully saturated rings. The lowest BCUT2D eigenvalue weighted by atomic mass is 9.89. The van der Waals surface area contributed by atoms with Crippen molar-refractivity contribution < 1.29 is 19.4 Å². The first kappa shape index (κ1) is 23.5. The summed E-state index contributed by atoms with van der Waals surface area (Å²) >= 11 is 0. The standard InChI is InChI=1S/C14H23NO2.C5H11N.C2H4O2/c1-17-14(16)12-8-5-9-13(12)15-10-11-6-3-2-4-7-11;1-2-4-6-5-3-1;1-2(3)4/h11,15H,2-10H2,1H3;6H,1-5H2;1H3,(H,3,4). The van der Waals surface area contributed by atoms with Crippen LogP contribution < -0.4 is 10.6 Å². The lowest BCUT2D eigenvalue weighted by molar-refractivity contribution is -0.136. The van der Waals surface area contributed by atoms with Gasteiger partial charge in [-0.2, -0.15) is 0 Å². The highest BCUT2D eigenvalue weighted by atomic mass is 16.5. The summed E-state index contributed by atoms with van der Waals surface area (Å²) in [5.41, 5.74) is 2.02. The molecule has 3 aliphatic rings. The highest BCUT2D eigenvalue weighted by Gasteiger charge is 2.22. The van der Waals surface area contributed by atoms with Crippen LogP contribution in [0.15, 0.2) is 11.3 Å². The second-order valence-electron chi connectivity index (χ2n) is 7.52. The highest BCUT2D eigenvalue weighted by Crippen LogP contribution is 2.27. The summed E-state index contributed by atoms with van der Waals surface area (Å²) in [4.78, 5) is 20.6. The molecule has 1 aliphatic heterocycles. The Hall–Kier alpha value is -1.56. The first-order chi connectivity index (χ1) is 13.0. The van der Waals surface area contributed by atoms with E-state index in [9.17, 15) is 4.79 Å². The van der Waals surface area contributed by atoms with Crippen LogP contribution in [0.3, 0.4) is 0 Å². The summed E-state index contributed by atoms with van der Waals surface area (Å²) in [5, 5.41) is 14.2. The van der Waals surface area contributed by atoms with E-state index in [0.717, 1.165) is 49.9 Å². The molecule has 3 rings (SSSR count). The van der Waals surface area contributed by atoms with Crippen molar-refractivity contribution >= 4 is 11.9 Å². The Balaban J connectivity index is 0.000000299. The Bertz CT molecular complexity index is 451. The number of piperidine rings is 1. The van der Waals surface area contributed by atoms with E-state index in [2.05, 4.69) is 10.6 Å². The minimum Gasteiger partial charge on any atom is -0.481 e. The molecule has 0 unspecified atom stereocenters. The van der Waals surface area contributed by atoms with Gasteiger partial charge in [0.05, 0.1) is 12.7 Å². The normalized spacial score (nSPS) is 19.9. The fourth-order valence-electron chi connectivity index (χ4n) is 3.75. The van der Waals surface area contributed by atoms with Gasteiger partial charge in [0, 0.05) is 19.2 Å². The maximum Gasteiger partial charge on any atom is 0.335 e. The first-order valence-corrected chi connectivity index (χ1v) is 10.5. The van der Waals surface area contributed by atoms with Gasteiger partial charge < -0.3 is 20.5 Å². The molecule has 0 aromatic heterocycles. The SMILES string of the molecule is C1CCNCC1.CC(=O)O.COC(=O)C1=C(NCC2CCCCC2)CCC1. The van der Waals surface area contributed by atoms with Gasteiger partial charge in [-0.15, -0.1) is 0 Å². The molecule has 0 amide bonds. The molecule has 0 aromatic rings. The average Bonchev–Trinajstić information content (AvgIpc) is 3.17. The number of esters is 1. The second kappa shape index (κ2) is 14.5. The number of carbonyl (C=O) groups is 2. The topological polar surface area (TPSA) is 87.7 Å². The zero-order valence-corrected chi connectivity index (χ0v) is 17.1. The zero-order chi connectivity index (χ0) is 19.9. The minimum absolute atomic E-state index is 0.145. The molecule has 0 bridgehead atoms. The van der Waals surface area contributed by atoms with Crippen molar-refractivity contribution in [2.75, 3.05) is 26.7 Å². The first-order valence-electron chi connectivity index (χ1n) is 10.5. The molecule has 0 radical (unpaired) electrons. The number of carbonyl (C=O) groups excluding carboxylic acids is 1. The number of carboxylic acids is 1. The van der Waals surface area contributed by atoms with Crippen LogP contribution in [0.4, 0.5) is 0 Å². The molecule has 2 aliphatic carbocycles.